The zero-order valence-corrected chi connectivity index (χ0v) is 14.7. The summed E-state index contributed by atoms with van der Waals surface area (Å²) in [6, 6.07) is 18.7. The molecule has 5 heteroatoms. The second kappa shape index (κ2) is 8.74. The van der Waals surface area contributed by atoms with Crippen LogP contribution < -0.4 is 0 Å². The fraction of sp³-hybridized carbons (Fsp3) is 0.211. The van der Waals surface area contributed by atoms with Crippen molar-refractivity contribution in [2.45, 2.75) is 13.8 Å². The second-order valence-corrected chi connectivity index (χ2v) is 6.94. The van der Waals surface area contributed by atoms with Crippen LogP contribution in [0.4, 0.5) is 0 Å². The van der Waals surface area contributed by atoms with Crippen LogP contribution in [0.5, 0.6) is 0 Å². The molecular formula is C19H21O4P. The van der Waals surface area contributed by atoms with Crippen molar-refractivity contribution in [1.29, 1.82) is 0 Å². The van der Waals surface area contributed by atoms with Crippen molar-refractivity contribution >= 4 is 19.5 Å². The minimum Gasteiger partial charge on any atom is -0.305 e. The van der Waals surface area contributed by atoms with Crippen molar-refractivity contribution in [3.63, 3.8) is 0 Å². The van der Waals surface area contributed by atoms with Crippen LogP contribution in [-0.4, -0.2) is 19.5 Å². The summed E-state index contributed by atoms with van der Waals surface area (Å²) in [6.07, 6.45) is 0.585. The Bertz CT molecular complexity index is 687. The first-order valence-corrected chi connectivity index (χ1v) is 9.40. The summed E-state index contributed by atoms with van der Waals surface area (Å²) in [5.74, 6) is 0. The molecule has 2 rings (SSSR count). The summed E-state index contributed by atoms with van der Waals surface area (Å²) in [5.41, 5.74) is 2.13. The Kier molecular flexibility index (Phi) is 6.68. The highest BCUT2D eigenvalue weighted by Gasteiger charge is 2.33. The Morgan fingerprint density at radius 1 is 0.875 bits per heavy atom. The second-order valence-electron chi connectivity index (χ2n) is 4.94. The van der Waals surface area contributed by atoms with Crippen molar-refractivity contribution in [1.82, 2.24) is 0 Å². The van der Waals surface area contributed by atoms with Crippen LogP contribution in [0.1, 0.15) is 25.0 Å². The van der Waals surface area contributed by atoms with Gasteiger partial charge in [-0.2, -0.15) is 0 Å². The predicted octanol–water partition coefficient (Wildman–Crippen LogP) is 4.91. The molecule has 126 valence electrons. The number of aldehydes is 1. The normalized spacial score (nSPS) is 11.1. The van der Waals surface area contributed by atoms with E-state index in [1.54, 1.807) is 13.8 Å². The summed E-state index contributed by atoms with van der Waals surface area (Å²) < 4.78 is 24.0. The third-order valence-corrected chi connectivity index (χ3v) is 5.50. The smallest absolute Gasteiger partial charge is 0.305 e. The maximum absolute atomic E-state index is 13.2. The first-order valence-electron chi connectivity index (χ1n) is 7.86. The van der Waals surface area contributed by atoms with Crippen LogP contribution in [0.15, 0.2) is 66.0 Å². The summed E-state index contributed by atoms with van der Waals surface area (Å²) in [6.45, 7) is 3.81. The lowest BCUT2D eigenvalue weighted by molar-refractivity contribution is -0.104. The van der Waals surface area contributed by atoms with E-state index in [4.69, 9.17) is 9.05 Å². The molecule has 2 aromatic rings. The van der Waals surface area contributed by atoms with Gasteiger partial charge in [-0.3, -0.25) is 9.36 Å². The van der Waals surface area contributed by atoms with E-state index < -0.39 is 7.60 Å². The molecule has 0 fully saturated rings. The molecule has 0 aliphatic carbocycles. The van der Waals surface area contributed by atoms with Gasteiger partial charge >= 0.3 is 7.60 Å². The molecule has 2 aromatic carbocycles. The van der Waals surface area contributed by atoms with Gasteiger partial charge in [-0.25, -0.2) is 0 Å². The molecule has 0 bridgehead atoms. The van der Waals surface area contributed by atoms with Gasteiger partial charge in [0, 0.05) is 5.57 Å². The summed E-state index contributed by atoms with van der Waals surface area (Å²) >= 11 is 0. The molecule has 0 heterocycles. The predicted molar refractivity (Wildman–Crippen MR) is 95.8 cm³/mol. The van der Waals surface area contributed by atoms with E-state index in [9.17, 15) is 9.36 Å². The highest BCUT2D eigenvalue weighted by atomic mass is 31.2. The molecule has 0 aromatic heterocycles. The maximum Gasteiger partial charge on any atom is 0.365 e. The van der Waals surface area contributed by atoms with Crippen LogP contribution in [0.2, 0.25) is 0 Å². The first-order chi connectivity index (χ1) is 11.7. The van der Waals surface area contributed by atoms with Crippen molar-refractivity contribution < 1.29 is 18.4 Å². The Hall–Kier alpha value is -2.00. The first kappa shape index (κ1) is 18.3. The molecular weight excluding hydrogens is 323 g/mol. The molecule has 0 saturated heterocycles. The van der Waals surface area contributed by atoms with Gasteiger partial charge < -0.3 is 9.05 Å². The lowest BCUT2D eigenvalue weighted by Gasteiger charge is -2.20. The van der Waals surface area contributed by atoms with E-state index in [-0.39, 0.29) is 18.5 Å². The largest absolute Gasteiger partial charge is 0.365 e. The minimum absolute atomic E-state index is 0.0450. The zero-order valence-electron chi connectivity index (χ0n) is 13.8. The Balaban J connectivity index is 2.76. The molecule has 0 N–H and O–H groups in total. The third kappa shape index (κ3) is 4.09. The molecule has 0 radical (unpaired) electrons. The van der Waals surface area contributed by atoms with Gasteiger partial charge in [0.25, 0.3) is 0 Å². The lowest BCUT2D eigenvalue weighted by atomic mass is 9.98. The number of rotatable bonds is 8. The average molecular weight is 344 g/mol. The molecule has 0 unspecified atom stereocenters. The van der Waals surface area contributed by atoms with Crippen molar-refractivity contribution in [2.75, 3.05) is 13.2 Å². The van der Waals surface area contributed by atoms with Gasteiger partial charge in [0.05, 0.1) is 13.2 Å². The Morgan fingerprint density at radius 2 is 1.29 bits per heavy atom. The lowest BCUT2D eigenvalue weighted by Crippen LogP contribution is -2.04. The standard InChI is InChI=1S/C19H21O4P/c1-3-22-24(21,23-4-2)18(15-20)19(16-11-7-5-8-12-16)17-13-9-6-10-14-17/h5-15H,3-4H2,1-2H3. The van der Waals surface area contributed by atoms with Crippen LogP contribution >= 0.6 is 7.60 Å². The van der Waals surface area contributed by atoms with E-state index in [0.29, 0.717) is 11.9 Å². The van der Waals surface area contributed by atoms with E-state index >= 15 is 0 Å². The van der Waals surface area contributed by atoms with Crippen LogP contribution in [0, 0.1) is 0 Å². The van der Waals surface area contributed by atoms with Crippen molar-refractivity contribution in [3.05, 3.63) is 77.1 Å². The number of hydrogen-bond donors (Lipinski definition) is 0. The molecule has 0 saturated carbocycles. The van der Waals surface area contributed by atoms with Crippen LogP contribution in [-0.2, 0) is 18.4 Å². The van der Waals surface area contributed by atoms with Gasteiger partial charge in [0.2, 0.25) is 0 Å². The van der Waals surface area contributed by atoms with Crippen LogP contribution in [0.25, 0.3) is 5.57 Å². The summed E-state index contributed by atoms with van der Waals surface area (Å²) in [4.78, 5) is 11.9. The molecule has 4 nitrogen and oxygen atoms in total. The number of benzene rings is 2. The quantitative estimate of drug-likeness (QED) is 0.388. The number of hydrogen-bond acceptors (Lipinski definition) is 4. The van der Waals surface area contributed by atoms with Gasteiger partial charge in [0.15, 0.2) is 6.29 Å². The summed E-state index contributed by atoms with van der Waals surface area (Å²) in [5, 5.41) is 0.0450. The van der Waals surface area contributed by atoms with Crippen molar-refractivity contribution in [3.8, 4) is 0 Å². The zero-order chi connectivity index (χ0) is 17.4. The van der Waals surface area contributed by atoms with E-state index in [0.717, 1.165) is 11.1 Å². The number of allylic oxidation sites excluding steroid dienone is 1. The molecule has 0 amide bonds. The van der Waals surface area contributed by atoms with E-state index in [1.807, 2.05) is 60.7 Å². The molecule has 0 aliphatic rings. The van der Waals surface area contributed by atoms with Crippen molar-refractivity contribution in [2.24, 2.45) is 0 Å². The van der Waals surface area contributed by atoms with E-state index in [2.05, 4.69) is 0 Å². The fourth-order valence-corrected chi connectivity index (χ4v) is 4.14. The topological polar surface area (TPSA) is 52.6 Å². The minimum atomic E-state index is -3.70. The van der Waals surface area contributed by atoms with E-state index in [1.165, 1.54) is 0 Å². The average Bonchev–Trinajstić information content (AvgIpc) is 2.61. The SMILES string of the molecule is CCOP(=O)(OCC)C(C=O)=C(c1ccccc1)c1ccccc1. The fourth-order valence-electron chi connectivity index (χ4n) is 2.45. The summed E-state index contributed by atoms with van der Waals surface area (Å²) in [7, 11) is -3.70. The molecule has 24 heavy (non-hydrogen) atoms. The van der Waals surface area contributed by atoms with Gasteiger partial charge in [0.1, 0.15) is 5.31 Å². The van der Waals surface area contributed by atoms with Gasteiger partial charge in [-0.15, -0.1) is 0 Å². The molecule has 0 spiro atoms. The number of carbonyl (C=O) groups excluding carboxylic acids is 1. The van der Waals surface area contributed by atoms with Gasteiger partial charge in [-0.1, -0.05) is 60.7 Å². The molecule has 0 aliphatic heterocycles. The highest BCUT2D eigenvalue weighted by Crippen LogP contribution is 2.58. The maximum atomic E-state index is 13.2. The highest BCUT2D eigenvalue weighted by molar-refractivity contribution is 7.60. The third-order valence-electron chi connectivity index (χ3n) is 3.39. The Morgan fingerprint density at radius 3 is 1.62 bits per heavy atom. The Labute approximate surface area is 142 Å². The number of carbonyl (C=O) groups is 1. The molecule has 0 atom stereocenters. The monoisotopic (exact) mass is 344 g/mol. The van der Waals surface area contributed by atoms with Crippen LogP contribution in [0.3, 0.4) is 0 Å². The van der Waals surface area contributed by atoms with Gasteiger partial charge in [-0.05, 0) is 25.0 Å².